The molecular formula is C20H24N4O2S. The fourth-order valence-electron chi connectivity index (χ4n) is 3.63. The van der Waals surface area contributed by atoms with Gasteiger partial charge in [0, 0.05) is 42.9 Å². The third kappa shape index (κ3) is 3.74. The van der Waals surface area contributed by atoms with Crippen molar-refractivity contribution in [2.75, 3.05) is 26.7 Å². The number of aryl methyl sites for hydroxylation is 1. The Morgan fingerprint density at radius 3 is 2.67 bits per heavy atom. The molecule has 1 aromatic carbocycles. The molecule has 1 saturated heterocycles. The quantitative estimate of drug-likeness (QED) is 0.816. The average molecular weight is 385 g/mol. The lowest BCUT2D eigenvalue weighted by molar-refractivity contribution is 0.0714. The molecule has 0 unspecified atom stereocenters. The predicted molar refractivity (Wildman–Crippen MR) is 105 cm³/mol. The van der Waals surface area contributed by atoms with Crippen LogP contribution in [0.25, 0.3) is 0 Å². The Kier molecular flexibility index (Phi) is 4.95. The summed E-state index contributed by atoms with van der Waals surface area (Å²) in [4.78, 5) is 29.9. The zero-order valence-electron chi connectivity index (χ0n) is 15.7. The van der Waals surface area contributed by atoms with Gasteiger partial charge in [0.25, 0.3) is 11.8 Å². The number of likely N-dealkylation sites (N-methyl/N-ethyl adjacent to an activating group) is 1. The highest BCUT2D eigenvalue weighted by molar-refractivity contribution is 8.00. The normalized spacial score (nSPS) is 17.9. The van der Waals surface area contributed by atoms with Crippen LogP contribution in [0, 0.1) is 6.92 Å². The lowest BCUT2D eigenvalue weighted by atomic mass is 10.1. The van der Waals surface area contributed by atoms with Crippen molar-refractivity contribution in [3.05, 3.63) is 47.3 Å². The molecule has 0 radical (unpaired) electrons. The van der Waals surface area contributed by atoms with Crippen LogP contribution in [0.1, 0.15) is 39.4 Å². The molecule has 0 saturated carbocycles. The number of piperidine rings is 1. The van der Waals surface area contributed by atoms with Crippen molar-refractivity contribution < 1.29 is 9.59 Å². The van der Waals surface area contributed by atoms with Crippen LogP contribution >= 0.6 is 11.8 Å². The zero-order chi connectivity index (χ0) is 19.0. The highest BCUT2D eigenvalue weighted by Crippen LogP contribution is 2.31. The molecule has 2 aromatic rings. The molecule has 6 nitrogen and oxygen atoms in total. The number of carbonyl (C=O) groups excluding carboxylic acids is 2. The Bertz CT molecular complexity index is 871. The Balaban J connectivity index is 1.38. The summed E-state index contributed by atoms with van der Waals surface area (Å²) >= 11 is 1.90. The minimum Gasteiger partial charge on any atom is -0.339 e. The van der Waals surface area contributed by atoms with Crippen molar-refractivity contribution in [1.82, 2.24) is 19.6 Å². The van der Waals surface area contributed by atoms with Crippen molar-refractivity contribution in [3.8, 4) is 0 Å². The molecule has 0 atom stereocenters. The number of hydrogen-bond acceptors (Lipinski definition) is 4. The second-order valence-electron chi connectivity index (χ2n) is 7.29. The molecule has 2 amide bonds. The van der Waals surface area contributed by atoms with E-state index in [4.69, 9.17) is 0 Å². The summed E-state index contributed by atoms with van der Waals surface area (Å²) in [5.74, 6) is -0.132. The number of thioether (sulfide) groups is 1. The highest BCUT2D eigenvalue weighted by atomic mass is 32.2. The monoisotopic (exact) mass is 384 g/mol. The summed E-state index contributed by atoms with van der Waals surface area (Å²) in [7, 11) is 1.77. The molecule has 0 bridgehead atoms. The lowest BCUT2D eigenvalue weighted by Crippen LogP contribution is -2.39. The molecule has 0 spiro atoms. The van der Waals surface area contributed by atoms with Gasteiger partial charge in [0.2, 0.25) is 0 Å². The van der Waals surface area contributed by atoms with Crippen molar-refractivity contribution in [3.63, 3.8) is 0 Å². The van der Waals surface area contributed by atoms with Crippen molar-refractivity contribution in [2.24, 2.45) is 0 Å². The second-order valence-corrected chi connectivity index (χ2v) is 8.66. The molecule has 1 fully saturated rings. The molecule has 0 N–H and O–H groups in total. The van der Waals surface area contributed by atoms with Gasteiger partial charge in [-0.1, -0.05) is 17.7 Å². The van der Waals surface area contributed by atoms with Gasteiger partial charge in [-0.2, -0.15) is 5.10 Å². The topological polar surface area (TPSA) is 58.4 Å². The minimum absolute atomic E-state index is 0.0636. The Labute approximate surface area is 163 Å². The Morgan fingerprint density at radius 2 is 1.93 bits per heavy atom. The molecule has 0 aliphatic carbocycles. The highest BCUT2D eigenvalue weighted by Gasteiger charge is 2.29. The first-order chi connectivity index (χ1) is 13.0. The van der Waals surface area contributed by atoms with E-state index in [-0.39, 0.29) is 11.8 Å². The SMILES string of the molecule is Cc1cccc(SC2CCN(C(=O)c3cc4n(n3)CCN(C)C4=O)CC2)c1. The third-order valence-electron chi connectivity index (χ3n) is 5.23. The van der Waals surface area contributed by atoms with E-state index < -0.39 is 0 Å². The van der Waals surface area contributed by atoms with E-state index in [9.17, 15) is 9.59 Å². The van der Waals surface area contributed by atoms with Gasteiger partial charge in [0.05, 0.1) is 6.54 Å². The van der Waals surface area contributed by atoms with E-state index in [0.717, 1.165) is 25.9 Å². The van der Waals surface area contributed by atoms with Gasteiger partial charge >= 0.3 is 0 Å². The first-order valence-corrected chi connectivity index (χ1v) is 10.2. The van der Waals surface area contributed by atoms with Gasteiger partial charge in [-0.15, -0.1) is 11.8 Å². The van der Waals surface area contributed by atoms with E-state index in [0.29, 0.717) is 29.7 Å². The van der Waals surface area contributed by atoms with Crippen molar-refractivity contribution in [2.45, 2.75) is 36.5 Å². The van der Waals surface area contributed by atoms with Crippen LogP contribution in [0.4, 0.5) is 0 Å². The smallest absolute Gasteiger partial charge is 0.274 e. The molecule has 4 rings (SSSR count). The van der Waals surface area contributed by atoms with E-state index in [2.05, 4.69) is 36.3 Å². The van der Waals surface area contributed by atoms with Crippen LogP contribution in [0.15, 0.2) is 35.2 Å². The maximum absolute atomic E-state index is 12.8. The number of nitrogens with zero attached hydrogens (tertiary/aromatic N) is 4. The van der Waals surface area contributed by atoms with Gasteiger partial charge in [-0.25, -0.2) is 0 Å². The number of aromatic nitrogens is 2. The molecular weight excluding hydrogens is 360 g/mol. The summed E-state index contributed by atoms with van der Waals surface area (Å²) in [5.41, 5.74) is 2.17. The maximum atomic E-state index is 12.8. The van der Waals surface area contributed by atoms with Crippen LogP contribution in [-0.4, -0.2) is 63.3 Å². The first-order valence-electron chi connectivity index (χ1n) is 9.37. The van der Waals surface area contributed by atoms with Gasteiger partial charge in [0.1, 0.15) is 5.69 Å². The summed E-state index contributed by atoms with van der Waals surface area (Å²) in [6.45, 7) is 4.85. The largest absolute Gasteiger partial charge is 0.339 e. The second kappa shape index (κ2) is 7.38. The number of benzene rings is 1. The molecule has 3 heterocycles. The molecule has 2 aliphatic heterocycles. The van der Waals surface area contributed by atoms with E-state index in [1.54, 1.807) is 22.7 Å². The van der Waals surface area contributed by atoms with Crippen LogP contribution in [-0.2, 0) is 6.54 Å². The predicted octanol–water partition coefficient (Wildman–Crippen LogP) is 2.67. The fraction of sp³-hybridized carbons (Fsp3) is 0.450. The van der Waals surface area contributed by atoms with E-state index in [1.165, 1.54) is 10.5 Å². The summed E-state index contributed by atoms with van der Waals surface area (Å²) in [5, 5.41) is 4.91. The summed E-state index contributed by atoms with van der Waals surface area (Å²) in [6, 6.07) is 10.2. The molecule has 2 aliphatic rings. The number of carbonyl (C=O) groups is 2. The van der Waals surface area contributed by atoms with Gasteiger partial charge in [-0.3, -0.25) is 14.3 Å². The zero-order valence-corrected chi connectivity index (χ0v) is 16.5. The molecule has 142 valence electrons. The average Bonchev–Trinajstić information content (AvgIpc) is 3.10. The van der Waals surface area contributed by atoms with Crippen LogP contribution < -0.4 is 0 Å². The number of rotatable bonds is 3. The van der Waals surface area contributed by atoms with E-state index >= 15 is 0 Å². The van der Waals surface area contributed by atoms with Crippen LogP contribution in [0.5, 0.6) is 0 Å². The summed E-state index contributed by atoms with van der Waals surface area (Å²) < 4.78 is 1.66. The number of amides is 2. The van der Waals surface area contributed by atoms with Gasteiger partial charge < -0.3 is 9.80 Å². The molecule has 7 heteroatoms. The number of fused-ring (bicyclic) bond motifs is 1. The van der Waals surface area contributed by atoms with Crippen molar-refractivity contribution in [1.29, 1.82) is 0 Å². The van der Waals surface area contributed by atoms with Gasteiger partial charge in [0.15, 0.2) is 5.69 Å². The van der Waals surface area contributed by atoms with Gasteiger partial charge in [-0.05, 0) is 31.9 Å². The number of likely N-dealkylation sites (tertiary alicyclic amines) is 1. The summed E-state index contributed by atoms with van der Waals surface area (Å²) in [6.07, 6.45) is 1.94. The van der Waals surface area contributed by atoms with Crippen molar-refractivity contribution >= 4 is 23.6 Å². The lowest BCUT2D eigenvalue weighted by Gasteiger charge is -2.31. The fourth-order valence-corrected chi connectivity index (χ4v) is 4.87. The van der Waals surface area contributed by atoms with Crippen LogP contribution in [0.2, 0.25) is 0 Å². The maximum Gasteiger partial charge on any atom is 0.274 e. The standard InChI is InChI=1S/C20H24N4O2S/c1-14-4-3-5-16(12-14)27-15-6-8-23(9-7-15)19(25)17-13-18-20(26)22(2)10-11-24(18)21-17/h3-5,12-13,15H,6-11H2,1-2H3. The number of hydrogen-bond donors (Lipinski definition) is 0. The Hall–Kier alpha value is -2.28. The third-order valence-corrected chi connectivity index (χ3v) is 6.56. The molecule has 27 heavy (non-hydrogen) atoms. The molecule has 1 aromatic heterocycles. The minimum atomic E-state index is -0.0685. The first kappa shape index (κ1) is 18.1. The Morgan fingerprint density at radius 1 is 1.15 bits per heavy atom. The van der Waals surface area contributed by atoms with E-state index in [1.807, 2.05) is 16.7 Å². The van der Waals surface area contributed by atoms with Crippen LogP contribution in [0.3, 0.4) is 0 Å².